The number of benzene rings is 2. The molecule has 0 radical (unpaired) electrons. The molecule has 2 N–H and O–H groups in total. The number of nitrogens with two attached hydrogens (primary N) is 1. The maximum atomic E-state index is 6.14. The molecule has 0 fully saturated rings. The SMILES string of the molecule is Cc1nnc2n1-c1ccc(-c3cnc(N)cn3)cc1N(c1ccc(Cl)cc1)CC2C. The van der Waals surface area contributed by atoms with Crippen molar-refractivity contribution in [3.8, 4) is 16.9 Å². The molecule has 5 rings (SSSR count). The Balaban J connectivity index is 1.73. The van der Waals surface area contributed by atoms with Gasteiger partial charge in [-0.1, -0.05) is 24.6 Å². The second kappa shape index (κ2) is 7.11. The average molecular weight is 418 g/mol. The Labute approximate surface area is 179 Å². The van der Waals surface area contributed by atoms with Crippen molar-refractivity contribution in [2.24, 2.45) is 0 Å². The molecule has 3 heterocycles. The van der Waals surface area contributed by atoms with Gasteiger partial charge in [0, 0.05) is 28.7 Å². The van der Waals surface area contributed by atoms with Crippen molar-refractivity contribution in [1.82, 2.24) is 24.7 Å². The van der Waals surface area contributed by atoms with Gasteiger partial charge in [-0.15, -0.1) is 10.2 Å². The molecular formula is C22H20ClN7. The zero-order chi connectivity index (χ0) is 20.8. The summed E-state index contributed by atoms with van der Waals surface area (Å²) in [4.78, 5) is 10.9. The van der Waals surface area contributed by atoms with Gasteiger partial charge in [0.25, 0.3) is 0 Å². The Morgan fingerprint density at radius 3 is 2.53 bits per heavy atom. The van der Waals surface area contributed by atoms with E-state index < -0.39 is 0 Å². The molecular weight excluding hydrogens is 398 g/mol. The maximum absolute atomic E-state index is 6.14. The standard InChI is InChI=1S/C22H20ClN7/c1-13-12-29(17-6-4-16(23)5-7-17)20-9-15(18-10-26-21(24)11-25-18)3-8-19(20)30-14(2)27-28-22(13)30/h3-11,13H,12H2,1-2H3,(H2,24,26). The van der Waals surface area contributed by atoms with Crippen molar-refractivity contribution in [2.75, 3.05) is 17.2 Å². The van der Waals surface area contributed by atoms with Gasteiger partial charge in [-0.25, -0.2) is 4.98 Å². The van der Waals surface area contributed by atoms with E-state index in [9.17, 15) is 0 Å². The van der Waals surface area contributed by atoms with E-state index in [2.05, 4.69) is 48.7 Å². The van der Waals surface area contributed by atoms with Gasteiger partial charge in [0.15, 0.2) is 0 Å². The summed E-state index contributed by atoms with van der Waals surface area (Å²) in [6.07, 6.45) is 3.26. The Hall–Kier alpha value is -3.45. The number of aryl methyl sites for hydroxylation is 1. The third-order valence-corrected chi connectivity index (χ3v) is 5.61. The summed E-state index contributed by atoms with van der Waals surface area (Å²) in [5.74, 6) is 2.38. The highest BCUT2D eigenvalue weighted by Gasteiger charge is 2.28. The lowest BCUT2D eigenvalue weighted by molar-refractivity contribution is 0.696. The number of fused-ring (bicyclic) bond motifs is 3. The van der Waals surface area contributed by atoms with Crippen LogP contribution in [0.1, 0.15) is 24.5 Å². The second-order valence-corrected chi connectivity index (χ2v) is 7.90. The predicted octanol–water partition coefficient (Wildman–Crippen LogP) is 4.52. The summed E-state index contributed by atoms with van der Waals surface area (Å²) < 4.78 is 2.13. The van der Waals surface area contributed by atoms with Crippen LogP contribution in [0.15, 0.2) is 54.9 Å². The van der Waals surface area contributed by atoms with Gasteiger partial charge in [-0.2, -0.15) is 0 Å². The Kier molecular flexibility index (Phi) is 4.40. The third-order valence-electron chi connectivity index (χ3n) is 5.36. The quantitative estimate of drug-likeness (QED) is 0.516. The number of nitrogen functional groups attached to an aromatic ring is 1. The van der Waals surface area contributed by atoms with Gasteiger partial charge < -0.3 is 10.6 Å². The molecule has 1 aliphatic rings. The van der Waals surface area contributed by atoms with Crippen LogP contribution in [0.25, 0.3) is 16.9 Å². The van der Waals surface area contributed by atoms with E-state index in [1.165, 1.54) is 0 Å². The zero-order valence-corrected chi connectivity index (χ0v) is 17.4. The molecule has 30 heavy (non-hydrogen) atoms. The van der Waals surface area contributed by atoms with Crippen LogP contribution in [0, 0.1) is 6.92 Å². The van der Waals surface area contributed by atoms with Gasteiger partial charge >= 0.3 is 0 Å². The topological polar surface area (TPSA) is 85.8 Å². The number of hydrogen-bond acceptors (Lipinski definition) is 6. The number of halogens is 1. The lowest BCUT2D eigenvalue weighted by Gasteiger charge is -2.27. The summed E-state index contributed by atoms with van der Waals surface area (Å²) in [6, 6.07) is 14.1. The molecule has 0 amide bonds. The fourth-order valence-corrected chi connectivity index (χ4v) is 4.02. The van der Waals surface area contributed by atoms with Crippen LogP contribution in [0.5, 0.6) is 0 Å². The van der Waals surface area contributed by atoms with Crippen molar-refractivity contribution < 1.29 is 0 Å². The van der Waals surface area contributed by atoms with Crippen LogP contribution in [-0.4, -0.2) is 31.3 Å². The number of anilines is 3. The summed E-state index contributed by atoms with van der Waals surface area (Å²) in [5, 5.41) is 9.50. The van der Waals surface area contributed by atoms with Crippen LogP contribution in [0.2, 0.25) is 5.02 Å². The molecule has 2 aromatic carbocycles. The van der Waals surface area contributed by atoms with Crippen LogP contribution in [0.3, 0.4) is 0 Å². The second-order valence-electron chi connectivity index (χ2n) is 7.46. The molecule has 1 unspecified atom stereocenters. The third kappa shape index (κ3) is 3.07. The molecule has 8 heteroatoms. The van der Waals surface area contributed by atoms with Gasteiger partial charge in [0.05, 0.1) is 29.5 Å². The molecule has 0 aliphatic carbocycles. The van der Waals surface area contributed by atoms with Crippen LogP contribution >= 0.6 is 11.6 Å². The van der Waals surface area contributed by atoms with E-state index in [-0.39, 0.29) is 5.92 Å². The Bertz CT molecular complexity index is 1220. The van der Waals surface area contributed by atoms with E-state index in [4.69, 9.17) is 17.3 Å². The Morgan fingerprint density at radius 2 is 1.80 bits per heavy atom. The first kappa shape index (κ1) is 18.6. The highest BCUT2D eigenvalue weighted by Crippen LogP contribution is 2.40. The van der Waals surface area contributed by atoms with Crippen LogP contribution in [-0.2, 0) is 0 Å². The number of hydrogen-bond donors (Lipinski definition) is 1. The van der Waals surface area contributed by atoms with E-state index in [1.807, 2.05) is 37.3 Å². The minimum atomic E-state index is 0.175. The van der Waals surface area contributed by atoms with E-state index in [0.29, 0.717) is 10.8 Å². The first-order chi connectivity index (χ1) is 14.5. The molecule has 7 nitrogen and oxygen atoms in total. The van der Waals surface area contributed by atoms with Crippen molar-refractivity contribution in [3.05, 3.63) is 71.5 Å². The van der Waals surface area contributed by atoms with Crippen LogP contribution < -0.4 is 10.6 Å². The summed E-state index contributed by atoms with van der Waals surface area (Å²) >= 11 is 6.14. The lowest BCUT2D eigenvalue weighted by Crippen LogP contribution is -2.22. The van der Waals surface area contributed by atoms with E-state index >= 15 is 0 Å². The first-order valence-electron chi connectivity index (χ1n) is 9.68. The molecule has 0 saturated heterocycles. The fraction of sp³-hybridized carbons (Fsp3) is 0.182. The molecule has 0 spiro atoms. The summed E-state index contributed by atoms with van der Waals surface area (Å²) in [5.41, 5.74) is 10.6. The monoisotopic (exact) mass is 417 g/mol. The number of aromatic nitrogens is 5. The number of rotatable bonds is 2. The minimum absolute atomic E-state index is 0.175. The van der Waals surface area contributed by atoms with Gasteiger partial charge in [0.1, 0.15) is 17.5 Å². The molecule has 0 bridgehead atoms. The maximum Gasteiger partial charge on any atom is 0.142 e. The van der Waals surface area contributed by atoms with E-state index in [0.717, 1.165) is 46.5 Å². The van der Waals surface area contributed by atoms with Crippen molar-refractivity contribution in [1.29, 1.82) is 0 Å². The normalized spacial score (nSPS) is 15.4. The van der Waals surface area contributed by atoms with Crippen LogP contribution in [0.4, 0.5) is 17.2 Å². The Morgan fingerprint density at radius 1 is 1.00 bits per heavy atom. The molecule has 150 valence electrons. The average Bonchev–Trinajstić information content (AvgIpc) is 3.08. The predicted molar refractivity (Wildman–Crippen MR) is 118 cm³/mol. The molecule has 1 atom stereocenters. The zero-order valence-electron chi connectivity index (χ0n) is 16.6. The number of nitrogens with zero attached hydrogens (tertiary/aromatic N) is 6. The fourth-order valence-electron chi connectivity index (χ4n) is 3.89. The molecule has 1 aliphatic heterocycles. The summed E-state index contributed by atoms with van der Waals surface area (Å²) in [7, 11) is 0. The van der Waals surface area contributed by atoms with Gasteiger partial charge in [0.2, 0.25) is 0 Å². The molecule has 2 aromatic heterocycles. The van der Waals surface area contributed by atoms with E-state index in [1.54, 1.807) is 12.4 Å². The minimum Gasteiger partial charge on any atom is -0.382 e. The van der Waals surface area contributed by atoms with Gasteiger partial charge in [-0.3, -0.25) is 9.55 Å². The smallest absolute Gasteiger partial charge is 0.142 e. The van der Waals surface area contributed by atoms with Crippen molar-refractivity contribution in [2.45, 2.75) is 19.8 Å². The highest BCUT2D eigenvalue weighted by atomic mass is 35.5. The van der Waals surface area contributed by atoms with Gasteiger partial charge in [-0.05, 0) is 43.3 Å². The lowest BCUT2D eigenvalue weighted by atomic mass is 10.1. The largest absolute Gasteiger partial charge is 0.382 e. The first-order valence-corrected chi connectivity index (χ1v) is 10.1. The highest BCUT2D eigenvalue weighted by molar-refractivity contribution is 6.30. The molecule has 4 aromatic rings. The van der Waals surface area contributed by atoms with Crippen molar-refractivity contribution >= 4 is 28.8 Å². The summed E-state index contributed by atoms with van der Waals surface area (Å²) in [6.45, 7) is 4.90. The van der Waals surface area contributed by atoms with Crippen molar-refractivity contribution in [3.63, 3.8) is 0 Å². The molecule has 0 saturated carbocycles.